The van der Waals surface area contributed by atoms with Crippen LogP contribution in [0.3, 0.4) is 0 Å². The number of benzene rings is 2. The van der Waals surface area contributed by atoms with Gasteiger partial charge in [-0.05, 0) is 84.9 Å². The summed E-state index contributed by atoms with van der Waals surface area (Å²) in [6.07, 6.45) is 6.58. The Bertz CT molecular complexity index is 1610. The summed E-state index contributed by atoms with van der Waals surface area (Å²) in [4.78, 5) is 16.4. The van der Waals surface area contributed by atoms with Gasteiger partial charge in [-0.3, -0.25) is 9.48 Å². The third kappa shape index (κ3) is 5.27. The van der Waals surface area contributed by atoms with Gasteiger partial charge in [-0.25, -0.2) is 17.2 Å². The number of sulfone groups is 1. The fourth-order valence-electron chi connectivity index (χ4n) is 6.93. The van der Waals surface area contributed by atoms with E-state index in [1.54, 1.807) is 37.1 Å². The van der Waals surface area contributed by atoms with Gasteiger partial charge in [-0.15, -0.1) is 0 Å². The second-order valence-electron chi connectivity index (χ2n) is 11.9. The standard InChI is InChI=1S/C31H36F2N4O3S/c1-19(38)36-17-23-11-22(20-6-8-25(9-7-20)41(3,39)40)13-30(28(23)18-36)37-10-4-5-21-12-26(24-15-34-35(2)16-24)27(31(32)33)14-29(21)37/h11-16,20,25,31H,4-10,17-18H2,1-3H3/t20-,25-. The van der Waals surface area contributed by atoms with E-state index >= 15 is 0 Å². The van der Waals surface area contributed by atoms with E-state index in [0.717, 1.165) is 59.3 Å². The molecule has 3 heterocycles. The Labute approximate surface area is 240 Å². The Balaban J connectivity index is 1.43. The largest absolute Gasteiger partial charge is 0.341 e. The predicted molar refractivity (Wildman–Crippen MR) is 155 cm³/mol. The molecule has 1 aliphatic carbocycles. The first-order valence-corrected chi connectivity index (χ1v) is 16.3. The first-order chi connectivity index (χ1) is 19.5. The highest BCUT2D eigenvalue weighted by atomic mass is 32.2. The number of anilines is 2. The van der Waals surface area contributed by atoms with E-state index in [1.165, 1.54) is 6.26 Å². The molecule has 1 amide bonds. The molecular formula is C31H36F2N4O3S. The van der Waals surface area contributed by atoms with Gasteiger partial charge in [0.1, 0.15) is 9.84 Å². The number of hydrogen-bond acceptors (Lipinski definition) is 5. The summed E-state index contributed by atoms with van der Waals surface area (Å²) >= 11 is 0. The first-order valence-electron chi connectivity index (χ1n) is 14.3. The van der Waals surface area contributed by atoms with Gasteiger partial charge in [0.15, 0.2) is 0 Å². The Kier molecular flexibility index (Phi) is 7.16. The molecule has 0 unspecified atom stereocenters. The Hall–Kier alpha value is -3.27. The van der Waals surface area contributed by atoms with E-state index in [2.05, 4.69) is 22.1 Å². The number of amides is 1. The van der Waals surface area contributed by atoms with Crippen molar-refractivity contribution in [2.45, 2.75) is 76.1 Å². The smallest absolute Gasteiger partial charge is 0.264 e. The SMILES string of the molecule is CC(=O)N1Cc2cc([C@H]3CC[C@H](S(C)(=O)=O)CC3)cc(N3CCCc4cc(-c5cnn(C)c5)c(C(F)F)cc43)c2C1. The summed E-state index contributed by atoms with van der Waals surface area (Å²) in [6.45, 7) is 3.28. The van der Waals surface area contributed by atoms with Gasteiger partial charge < -0.3 is 9.80 Å². The summed E-state index contributed by atoms with van der Waals surface area (Å²) in [6, 6.07) is 7.92. The fraction of sp³-hybridized carbons (Fsp3) is 0.484. The molecule has 2 aliphatic heterocycles. The van der Waals surface area contributed by atoms with E-state index in [1.807, 2.05) is 11.0 Å². The normalized spacial score (nSPS) is 20.8. The maximum Gasteiger partial charge on any atom is 0.264 e. The fourth-order valence-corrected chi connectivity index (χ4v) is 8.06. The lowest BCUT2D eigenvalue weighted by atomic mass is 9.82. The number of carbonyl (C=O) groups excluding carboxylic acids is 1. The number of fused-ring (bicyclic) bond motifs is 2. The van der Waals surface area contributed by atoms with Crippen molar-refractivity contribution < 1.29 is 22.0 Å². The molecule has 0 atom stereocenters. The van der Waals surface area contributed by atoms with E-state index in [9.17, 15) is 22.0 Å². The Morgan fingerprint density at radius 3 is 2.41 bits per heavy atom. The van der Waals surface area contributed by atoms with Crippen LogP contribution in [0.5, 0.6) is 0 Å². The van der Waals surface area contributed by atoms with Crippen LogP contribution in [0.4, 0.5) is 20.2 Å². The number of hydrogen-bond donors (Lipinski definition) is 0. The second-order valence-corrected chi connectivity index (χ2v) is 14.2. The van der Waals surface area contributed by atoms with E-state index in [4.69, 9.17) is 0 Å². The zero-order valence-electron chi connectivity index (χ0n) is 23.7. The van der Waals surface area contributed by atoms with Crippen LogP contribution in [0.2, 0.25) is 0 Å². The molecule has 10 heteroatoms. The van der Waals surface area contributed by atoms with Crippen molar-refractivity contribution in [3.63, 3.8) is 0 Å². The van der Waals surface area contributed by atoms with Crippen molar-refractivity contribution in [3.05, 3.63) is 64.5 Å². The molecule has 0 N–H and O–H groups in total. The molecule has 41 heavy (non-hydrogen) atoms. The third-order valence-electron chi connectivity index (χ3n) is 9.16. The summed E-state index contributed by atoms with van der Waals surface area (Å²) in [5, 5.41) is 3.90. The average Bonchev–Trinajstić information content (AvgIpc) is 3.57. The van der Waals surface area contributed by atoms with Crippen molar-refractivity contribution in [3.8, 4) is 11.1 Å². The summed E-state index contributed by atoms with van der Waals surface area (Å²) in [7, 11) is -1.29. The Morgan fingerprint density at radius 2 is 1.78 bits per heavy atom. The maximum atomic E-state index is 14.5. The number of aryl methyl sites for hydroxylation is 2. The lowest BCUT2D eigenvalue weighted by Gasteiger charge is -2.35. The van der Waals surface area contributed by atoms with Crippen LogP contribution in [-0.4, -0.2) is 47.1 Å². The predicted octanol–water partition coefficient (Wildman–Crippen LogP) is 6.04. The van der Waals surface area contributed by atoms with Gasteiger partial charge in [0.25, 0.3) is 6.43 Å². The van der Waals surface area contributed by atoms with Gasteiger partial charge in [-0.2, -0.15) is 5.10 Å². The first kappa shape index (κ1) is 27.9. The van der Waals surface area contributed by atoms with Gasteiger partial charge >= 0.3 is 0 Å². The van der Waals surface area contributed by atoms with Crippen molar-refractivity contribution in [2.75, 3.05) is 17.7 Å². The van der Waals surface area contributed by atoms with E-state index in [-0.39, 0.29) is 22.6 Å². The summed E-state index contributed by atoms with van der Waals surface area (Å²) in [5.41, 5.74) is 7.26. The van der Waals surface area contributed by atoms with Gasteiger partial charge in [0, 0.05) is 74.1 Å². The van der Waals surface area contributed by atoms with E-state index in [0.29, 0.717) is 43.6 Å². The highest BCUT2D eigenvalue weighted by molar-refractivity contribution is 7.91. The lowest BCUT2D eigenvalue weighted by Crippen LogP contribution is -2.27. The van der Waals surface area contributed by atoms with Crippen LogP contribution in [-0.2, 0) is 41.2 Å². The summed E-state index contributed by atoms with van der Waals surface area (Å²) in [5.74, 6) is 0.222. The molecule has 0 saturated heterocycles. The van der Waals surface area contributed by atoms with Gasteiger partial charge in [-0.1, -0.05) is 6.07 Å². The van der Waals surface area contributed by atoms with Crippen LogP contribution in [0.25, 0.3) is 11.1 Å². The number of aromatic nitrogens is 2. The highest BCUT2D eigenvalue weighted by Crippen LogP contribution is 2.46. The van der Waals surface area contributed by atoms with Crippen molar-refractivity contribution in [1.82, 2.24) is 14.7 Å². The van der Waals surface area contributed by atoms with Crippen LogP contribution < -0.4 is 4.90 Å². The third-order valence-corrected chi connectivity index (χ3v) is 10.8. The maximum absolute atomic E-state index is 14.5. The average molecular weight is 583 g/mol. The van der Waals surface area contributed by atoms with E-state index < -0.39 is 16.3 Å². The second kappa shape index (κ2) is 10.5. The lowest BCUT2D eigenvalue weighted by molar-refractivity contribution is -0.129. The molecule has 1 saturated carbocycles. The van der Waals surface area contributed by atoms with Crippen molar-refractivity contribution in [2.24, 2.45) is 7.05 Å². The van der Waals surface area contributed by atoms with Crippen LogP contribution in [0, 0.1) is 0 Å². The number of alkyl halides is 2. The quantitative estimate of drug-likeness (QED) is 0.367. The molecule has 0 radical (unpaired) electrons. The molecule has 1 aromatic heterocycles. The van der Waals surface area contributed by atoms with Crippen molar-refractivity contribution >= 4 is 27.1 Å². The van der Waals surface area contributed by atoms with Crippen LogP contribution >= 0.6 is 0 Å². The minimum atomic E-state index is -3.07. The molecule has 0 spiro atoms. The molecule has 3 aromatic rings. The van der Waals surface area contributed by atoms with Crippen molar-refractivity contribution in [1.29, 1.82) is 0 Å². The number of halogens is 2. The zero-order chi connectivity index (χ0) is 29.1. The zero-order valence-corrected chi connectivity index (χ0v) is 24.6. The van der Waals surface area contributed by atoms with Gasteiger partial charge in [0.05, 0.1) is 11.4 Å². The minimum absolute atomic E-state index is 0.00232. The summed E-state index contributed by atoms with van der Waals surface area (Å²) < 4.78 is 54.9. The molecule has 218 valence electrons. The van der Waals surface area contributed by atoms with Gasteiger partial charge in [0.2, 0.25) is 5.91 Å². The molecule has 1 fully saturated rings. The molecule has 3 aliphatic rings. The minimum Gasteiger partial charge on any atom is -0.341 e. The monoisotopic (exact) mass is 582 g/mol. The molecule has 2 aromatic carbocycles. The Morgan fingerprint density at radius 1 is 1.02 bits per heavy atom. The molecular weight excluding hydrogens is 546 g/mol. The number of rotatable bonds is 5. The topological polar surface area (TPSA) is 75.5 Å². The van der Waals surface area contributed by atoms with Crippen LogP contribution in [0.1, 0.15) is 79.2 Å². The molecule has 6 rings (SSSR count). The highest BCUT2D eigenvalue weighted by Gasteiger charge is 2.33. The molecule has 0 bridgehead atoms. The molecule has 7 nitrogen and oxygen atoms in total. The number of carbonyl (C=O) groups is 1. The number of nitrogens with zero attached hydrogens (tertiary/aromatic N) is 4. The van der Waals surface area contributed by atoms with Crippen LogP contribution in [0.15, 0.2) is 36.7 Å².